The van der Waals surface area contributed by atoms with Crippen molar-refractivity contribution < 1.29 is 19.1 Å². The molecule has 1 unspecified atom stereocenters. The van der Waals surface area contributed by atoms with Crippen LogP contribution in [0.15, 0.2) is 79.0 Å². The highest BCUT2D eigenvalue weighted by atomic mass is 35.5. The van der Waals surface area contributed by atoms with Crippen molar-refractivity contribution in [3.63, 3.8) is 0 Å². The Morgan fingerprint density at radius 3 is 2.34 bits per heavy atom. The first-order valence-electron chi connectivity index (χ1n) is 11.3. The van der Waals surface area contributed by atoms with Crippen LogP contribution in [-0.2, 0) is 22.4 Å². The lowest BCUT2D eigenvalue weighted by molar-refractivity contribution is -0.144. The summed E-state index contributed by atoms with van der Waals surface area (Å²) in [6, 6.07) is 20.3. The molecule has 0 spiro atoms. The summed E-state index contributed by atoms with van der Waals surface area (Å²) in [5.41, 5.74) is 3.71. The Kier molecular flexibility index (Phi) is 7.63. The van der Waals surface area contributed by atoms with Gasteiger partial charge in [0.2, 0.25) is 0 Å². The molecule has 2 N–H and O–H groups in total. The molecular formula is C28H25ClN2O4. The predicted octanol–water partition coefficient (Wildman–Crippen LogP) is 5.15. The summed E-state index contributed by atoms with van der Waals surface area (Å²) in [5, 5.41) is 4.20. The number of carbonyl (C=O) groups is 3. The topological polar surface area (TPSA) is 88.3 Å². The molecule has 178 valence electrons. The number of H-pyrrole nitrogens is 1. The highest BCUT2D eigenvalue weighted by molar-refractivity contribution is 6.30. The van der Waals surface area contributed by atoms with Gasteiger partial charge in [0, 0.05) is 39.7 Å². The van der Waals surface area contributed by atoms with Crippen molar-refractivity contribution >= 4 is 40.2 Å². The van der Waals surface area contributed by atoms with Crippen molar-refractivity contribution in [3.8, 4) is 0 Å². The number of para-hydroxylation sites is 1. The van der Waals surface area contributed by atoms with Crippen molar-refractivity contribution in [1.29, 1.82) is 0 Å². The van der Waals surface area contributed by atoms with E-state index in [1.807, 2.05) is 43.3 Å². The molecule has 0 saturated carbocycles. The molecule has 3 aromatic carbocycles. The second kappa shape index (κ2) is 11.0. The Hall–Kier alpha value is -3.90. The molecule has 0 radical (unpaired) electrons. The molecule has 1 aromatic heterocycles. The number of benzene rings is 3. The zero-order valence-electron chi connectivity index (χ0n) is 19.2. The number of carbonyl (C=O) groups excluding carboxylic acids is 3. The molecule has 0 bridgehead atoms. The highest BCUT2D eigenvalue weighted by Gasteiger charge is 2.25. The minimum absolute atomic E-state index is 0.196. The summed E-state index contributed by atoms with van der Waals surface area (Å²) < 4.78 is 5.36. The summed E-state index contributed by atoms with van der Waals surface area (Å²) >= 11 is 5.92. The Morgan fingerprint density at radius 1 is 0.943 bits per heavy atom. The van der Waals surface area contributed by atoms with Crippen LogP contribution >= 0.6 is 11.6 Å². The lowest BCUT2D eigenvalue weighted by Crippen LogP contribution is -2.43. The van der Waals surface area contributed by atoms with Crippen LogP contribution in [0.2, 0.25) is 5.02 Å². The lowest BCUT2D eigenvalue weighted by atomic mass is 10.0. The van der Waals surface area contributed by atoms with E-state index in [4.69, 9.17) is 16.3 Å². The number of esters is 1. The third-order valence-electron chi connectivity index (χ3n) is 5.82. The highest BCUT2D eigenvalue weighted by Crippen LogP contribution is 2.20. The minimum Gasteiger partial charge on any atom is -0.456 e. The number of aromatic nitrogens is 1. The molecule has 0 aliphatic rings. The molecule has 6 nitrogen and oxygen atoms in total. The molecule has 35 heavy (non-hydrogen) atoms. The van der Waals surface area contributed by atoms with E-state index in [2.05, 4.69) is 10.3 Å². The van der Waals surface area contributed by atoms with E-state index in [0.29, 0.717) is 16.1 Å². The van der Waals surface area contributed by atoms with E-state index >= 15 is 0 Å². The first-order chi connectivity index (χ1) is 16.9. The summed E-state index contributed by atoms with van der Waals surface area (Å²) in [6.07, 6.45) is 2.87. The van der Waals surface area contributed by atoms with Gasteiger partial charge in [0.1, 0.15) is 6.04 Å². The molecule has 7 heteroatoms. The summed E-state index contributed by atoms with van der Waals surface area (Å²) in [7, 11) is 0. The Bertz CT molecular complexity index is 1340. The van der Waals surface area contributed by atoms with Crippen LogP contribution in [0.25, 0.3) is 10.9 Å². The van der Waals surface area contributed by atoms with Crippen LogP contribution in [-0.4, -0.2) is 35.3 Å². The Morgan fingerprint density at radius 2 is 1.63 bits per heavy atom. The minimum atomic E-state index is -0.993. The molecular weight excluding hydrogens is 464 g/mol. The number of amides is 1. The largest absolute Gasteiger partial charge is 0.456 e. The van der Waals surface area contributed by atoms with Crippen molar-refractivity contribution in [3.05, 3.63) is 106 Å². The number of aryl methyl sites for hydroxylation is 1. The van der Waals surface area contributed by atoms with Gasteiger partial charge < -0.3 is 15.0 Å². The Labute approximate surface area is 208 Å². The van der Waals surface area contributed by atoms with Crippen LogP contribution in [0, 0.1) is 0 Å². The first kappa shape index (κ1) is 24.2. The van der Waals surface area contributed by atoms with Crippen LogP contribution in [0.3, 0.4) is 0 Å². The second-order valence-corrected chi connectivity index (χ2v) is 8.61. The zero-order chi connectivity index (χ0) is 24.8. The van der Waals surface area contributed by atoms with E-state index < -0.39 is 24.5 Å². The van der Waals surface area contributed by atoms with Gasteiger partial charge in [0.25, 0.3) is 5.91 Å². The van der Waals surface area contributed by atoms with Crippen LogP contribution in [0.4, 0.5) is 0 Å². The first-order valence-corrected chi connectivity index (χ1v) is 11.7. The molecule has 1 heterocycles. The number of Topliss-reactive ketones (excluding diaryl/α,β-unsaturated/α-hetero) is 1. The number of fused-ring (bicyclic) bond motifs is 1. The van der Waals surface area contributed by atoms with Gasteiger partial charge >= 0.3 is 5.97 Å². The van der Waals surface area contributed by atoms with Crippen molar-refractivity contribution in [2.75, 3.05) is 6.61 Å². The molecule has 0 aliphatic heterocycles. The van der Waals surface area contributed by atoms with E-state index in [-0.39, 0.29) is 12.2 Å². The van der Waals surface area contributed by atoms with Gasteiger partial charge in [-0.05, 0) is 47.9 Å². The maximum absolute atomic E-state index is 13.0. The van der Waals surface area contributed by atoms with Gasteiger partial charge in [0.05, 0.1) is 0 Å². The average Bonchev–Trinajstić information content (AvgIpc) is 3.29. The van der Waals surface area contributed by atoms with Gasteiger partial charge in [-0.2, -0.15) is 0 Å². The molecule has 1 atom stereocenters. The lowest BCUT2D eigenvalue weighted by Gasteiger charge is -2.18. The van der Waals surface area contributed by atoms with E-state index in [0.717, 1.165) is 28.5 Å². The number of ketones is 1. The number of hydrogen-bond acceptors (Lipinski definition) is 4. The van der Waals surface area contributed by atoms with Gasteiger partial charge in [-0.25, -0.2) is 4.79 Å². The fourth-order valence-electron chi connectivity index (χ4n) is 3.80. The van der Waals surface area contributed by atoms with E-state index in [1.54, 1.807) is 42.6 Å². The molecule has 1 amide bonds. The number of rotatable bonds is 9. The molecule has 4 rings (SSSR count). The quantitative estimate of drug-likeness (QED) is 0.252. The van der Waals surface area contributed by atoms with Crippen molar-refractivity contribution in [1.82, 2.24) is 10.3 Å². The molecule has 0 saturated heterocycles. The average molecular weight is 489 g/mol. The van der Waals surface area contributed by atoms with Gasteiger partial charge in [0.15, 0.2) is 12.4 Å². The zero-order valence-corrected chi connectivity index (χ0v) is 20.0. The normalized spacial score (nSPS) is 11.7. The van der Waals surface area contributed by atoms with Crippen molar-refractivity contribution in [2.24, 2.45) is 0 Å². The maximum atomic E-state index is 13.0. The number of halogens is 1. The molecule has 0 fully saturated rings. The standard InChI is InChI=1S/C28H25ClN2O4/c1-2-18-7-9-19(10-8-18)26(32)17-35-28(34)25(31-27(33)20-11-13-22(29)14-12-20)15-21-16-30-24-6-4-3-5-23(21)24/h3-14,16,25,30H,2,15,17H2,1H3,(H,31,33). The van der Waals surface area contributed by atoms with Crippen LogP contribution in [0.5, 0.6) is 0 Å². The van der Waals surface area contributed by atoms with Crippen LogP contribution in [0.1, 0.15) is 38.8 Å². The van der Waals surface area contributed by atoms with Gasteiger partial charge in [-0.1, -0.05) is 61.0 Å². The number of aromatic amines is 1. The van der Waals surface area contributed by atoms with E-state index in [1.165, 1.54) is 0 Å². The predicted molar refractivity (Wildman–Crippen MR) is 136 cm³/mol. The SMILES string of the molecule is CCc1ccc(C(=O)COC(=O)C(Cc2c[nH]c3ccccc23)NC(=O)c2ccc(Cl)cc2)cc1. The third kappa shape index (κ3) is 5.97. The molecule has 4 aromatic rings. The van der Waals surface area contributed by atoms with Crippen LogP contribution < -0.4 is 5.32 Å². The van der Waals surface area contributed by atoms with Gasteiger partial charge in [-0.3, -0.25) is 9.59 Å². The number of ether oxygens (including phenoxy) is 1. The van der Waals surface area contributed by atoms with E-state index in [9.17, 15) is 14.4 Å². The summed E-state index contributed by atoms with van der Waals surface area (Å²) in [5.74, 6) is -1.43. The third-order valence-corrected chi connectivity index (χ3v) is 6.08. The summed E-state index contributed by atoms with van der Waals surface area (Å²) in [6.45, 7) is 1.62. The van der Waals surface area contributed by atoms with Gasteiger partial charge in [-0.15, -0.1) is 0 Å². The van der Waals surface area contributed by atoms with Crippen molar-refractivity contribution in [2.45, 2.75) is 25.8 Å². The maximum Gasteiger partial charge on any atom is 0.329 e. The fourth-order valence-corrected chi connectivity index (χ4v) is 3.93. The number of hydrogen-bond donors (Lipinski definition) is 2. The second-order valence-electron chi connectivity index (χ2n) is 8.18. The fraction of sp³-hybridized carbons (Fsp3) is 0.179. The Balaban J connectivity index is 1.50. The monoisotopic (exact) mass is 488 g/mol. The smallest absolute Gasteiger partial charge is 0.329 e. The number of nitrogens with one attached hydrogen (secondary N) is 2. The summed E-state index contributed by atoms with van der Waals surface area (Å²) in [4.78, 5) is 41.6. The molecule has 0 aliphatic carbocycles.